The van der Waals surface area contributed by atoms with Gasteiger partial charge in [-0.25, -0.2) is 13.8 Å². The van der Waals surface area contributed by atoms with E-state index in [2.05, 4.69) is 16.4 Å². The highest BCUT2D eigenvalue weighted by Crippen LogP contribution is 2.41. The number of amides is 1. The number of carboxylic acid groups (broad SMARTS) is 1. The number of nitrogens with one attached hydrogen (secondary N) is 1. The van der Waals surface area contributed by atoms with E-state index in [0.29, 0.717) is 42.5 Å². The Hall–Kier alpha value is -3.07. The number of fused-ring (bicyclic) bond motifs is 2. The summed E-state index contributed by atoms with van der Waals surface area (Å²) in [5.41, 5.74) is 3.88. The van der Waals surface area contributed by atoms with E-state index in [0.717, 1.165) is 30.9 Å². The van der Waals surface area contributed by atoms with Crippen LogP contribution in [-0.4, -0.2) is 63.4 Å². The number of anilines is 1. The second-order valence-electron chi connectivity index (χ2n) is 11.4. The first-order valence-corrected chi connectivity index (χ1v) is 14.2. The maximum absolute atomic E-state index is 15.3. The zero-order valence-corrected chi connectivity index (χ0v) is 22.8. The molecule has 210 valence electrons. The molecule has 1 amide bonds. The van der Waals surface area contributed by atoms with Gasteiger partial charge in [0.05, 0.1) is 0 Å². The summed E-state index contributed by atoms with van der Waals surface area (Å²) in [6, 6.07) is 8.16. The Kier molecular flexibility index (Phi) is 7.89. The molecule has 3 aliphatic rings. The zero-order valence-electron chi connectivity index (χ0n) is 22.8. The number of hydrogen-bond acceptors (Lipinski definition) is 5. The van der Waals surface area contributed by atoms with Crippen molar-refractivity contribution < 1.29 is 23.5 Å². The van der Waals surface area contributed by atoms with Gasteiger partial charge in [0, 0.05) is 49.3 Å². The molecular weight excluding hydrogens is 502 g/mol. The lowest BCUT2D eigenvalue weighted by Crippen LogP contribution is -2.36. The van der Waals surface area contributed by atoms with E-state index in [1.807, 2.05) is 19.9 Å². The van der Waals surface area contributed by atoms with Gasteiger partial charge in [-0.15, -0.1) is 0 Å². The van der Waals surface area contributed by atoms with Crippen LogP contribution in [0.25, 0.3) is 0 Å². The normalized spacial score (nSPS) is 20.2. The molecule has 1 unspecified atom stereocenters. The number of unbranched alkanes of at least 4 members (excludes halogenated alkanes) is 1. The van der Waals surface area contributed by atoms with Gasteiger partial charge < -0.3 is 15.3 Å². The minimum atomic E-state index is -2.87. The van der Waals surface area contributed by atoms with Crippen molar-refractivity contribution in [2.45, 2.75) is 83.3 Å². The third kappa shape index (κ3) is 5.64. The van der Waals surface area contributed by atoms with Gasteiger partial charge in [0.2, 0.25) is 0 Å². The molecule has 0 aliphatic carbocycles. The second-order valence-corrected chi connectivity index (χ2v) is 11.4. The Balaban J connectivity index is 1.20. The van der Waals surface area contributed by atoms with Crippen molar-refractivity contribution >= 4 is 17.7 Å². The van der Waals surface area contributed by atoms with Crippen LogP contribution in [0, 0.1) is 5.92 Å². The first-order valence-electron chi connectivity index (χ1n) is 14.2. The molecule has 4 heterocycles. The molecular formula is C30H38F2N4O3. The van der Waals surface area contributed by atoms with Gasteiger partial charge >= 0.3 is 5.97 Å². The molecule has 39 heavy (non-hydrogen) atoms. The van der Waals surface area contributed by atoms with Crippen molar-refractivity contribution in [3.63, 3.8) is 0 Å². The molecule has 0 saturated carbocycles. The number of pyridine rings is 1. The van der Waals surface area contributed by atoms with Crippen molar-refractivity contribution in [3.8, 4) is 0 Å². The number of hydrogen-bond donors (Lipinski definition) is 2. The number of carboxylic acids is 1. The maximum atomic E-state index is 15.3. The van der Waals surface area contributed by atoms with Gasteiger partial charge in [0.25, 0.3) is 11.8 Å². The first kappa shape index (κ1) is 27.5. The Morgan fingerprint density at radius 2 is 2.05 bits per heavy atom. The smallest absolute Gasteiger partial charge is 0.325 e. The van der Waals surface area contributed by atoms with Gasteiger partial charge in [0.1, 0.15) is 11.9 Å². The number of carbonyl (C=O) groups excluding carboxylic acids is 1. The van der Waals surface area contributed by atoms with Crippen LogP contribution in [0.15, 0.2) is 30.3 Å². The van der Waals surface area contributed by atoms with Crippen molar-refractivity contribution in [1.29, 1.82) is 0 Å². The monoisotopic (exact) mass is 540 g/mol. The van der Waals surface area contributed by atoms with E-state index < -0.39 is 23.9 Å². The number of rotatable bonds is 10. The molecule has 0 radical (unpaired) electrons. The number of benzene rings is 1. The highest BCUT2D eigenvalue weighted by atomic mass is 19.3. The standard InChI is InChI=1S/C30H38F2N4O3/c1-19(2)36-18-25-23(9-5-10-24(25)28(36)37)26(29(38)39)35-16-13-21(17-35)30(31,32)14-4-3-8-22-12-11-20-7-6-15-33-27(20)34-22/h5,9-12,19,21,26H,3-4,6-8,13-18H2,1-2H3,(H,33,34)(H,38,39)/t21-,26?/m1/s1. The lowest BCUT2D eigenvalue weighted by Gasteiger charge is -2.28. The predicted octanol–water partition coefficient (Wildman–Crippen LogP) is 5.30. The molecule has 0 bridgehead atoms. The minimum absolute atomic E-state index is 0.0180. The van der Waals surface area contributed by atoms with Crippen LogP contribution >= 0.6 is 0 Å². The van der Waals surface area contributed by atoms with Crippen LogP contribution in [0.4, 0.5) is 14.6 Å². The van der Waals surface area contributed by atoms with E-state index in [1.165, 1.54) is 5.56 Å². The number of likely N-dealkylation sites (tertiary alicyclic amines) is 1. The van der Waals surface area contributed by atoms with E-state index >= 15 is 8.78 Å². The molecule has 1 saturated heterocycles. The average Bonchev–Trinajstić information content (AvgIpc) is 3.53. The SMILES string of the molecule is CC(C)N1Cc2c(cccc2C(C(=O)O)N2CC[C@@H](C(F)(F)CCCCc3ccc4c(n3)NCCC4)C2)C1=O. The van der Waals surface area contributed by atoms with Gasteiger partial charge in [0.15, 0.2) is 0 Å². The van der Waals surface area contributed by atoms with Crippen molar-refractivity contribution in [3.05, 3.63) is 58.3 Å². The fourth-order valence-electron chi connectivity index (χ4n) is 6.28. The summed E-state index contributed by atoms with van der Waals surface area (Å²) in [4.78, 5) is 33.3. The summed E-state index contributed by atoms with van der Waals surface area (Å²) < 4.78 is 30.6. The molecule has 1 aromatic carbocycles. The highest BCUT2D eigenvalue weighted by Gasteiger charge is 2.46. The van der Waals surface area contributed by atoms with Crippen LogP contribution in [0.3, 0.4) is 0 Å². The summed E-state index contributed by atoms with van der Waals surface area (Å²) in [5, 5.41) is 13.5. The number of aromatic nitrogens is 1. The Morgan fingerprint density at radius 3 is 2.82 bits per heavy atom. The summed E-state index contributed by atoms with van der Waals surface area (Å²) >= 11 is 0. The predicted molar refractivity (Wildman–Crippen MR) is 145 cm³/mol. The quantitative estimate of drug-likeness (QED) is 0.398. The lowest BCUT2D eigenvalue weighted by molar-refractivity contribution is -0.143. The third-order valence-corrected chi connectivity index (χ3v) is 8.51. The molecule has 9 heteroatoms. The molecule has 2 N–H and O–H groups in total. The Morgan fingerprint density at radius 1 is 1.23 bits per heavy atom. The van der Waals surface area contributed by atoms with Crippen molar-refractivity contribution in [2.24, 2.45) is 5.92 Å². The lowest BCUT2D eigenvalue weighted by atomic mass is 9.94. The van der Waals surface area contributed by atoms with Gasteiger partial charge in [-0.2, -0.15) is 0 Å². The third-order valence-electron chi connectivity index (χ3n) is 8.51. The fraction of sp³-hybridized carbons (Fsp3) is 0.567. The molecule has 2 atom stereocenters. The maximum Gasteiger partial charge on any atom is 0.325 e. The van der Waals surface area contributed by atoms with Crippen LogP contribution in [0.5, 0.6) is 0 Å². The second kappa shape index (κ2) is 11.2. The van der Waals surface area contributed by atoms with E-state index in [-0.39, 0.29) is 37.9 Å². The minimum Gasteiger partial charge on any atom is -0.480 e. The Bertz CT molecular complexity index is 1230. The zero-order chi connectivity index (χ0) is 27.7. The first-order chi connectivity index (χ1) is 18.7. The molecule has 1 fully saturated rings. The number of halogens is 2. The summed E-state index contributed by atoms with van der Waals surface area (Å²) in [6.07, 6.45) is 3.83. The topological polar surface area (TPSA) is 85.8 Å². The van der Waals surface area contributed by atoms with E-state index in [1.54, 1.807) is 28.0 Å². The van der Waals surface area contributed by atoms with E-state index in [4.69, 9.17) is 0 Å². The summed E-state index contributed by atoms with van der Waals surface area (Å²) in [5.74, 6) is -4.02. The van der Waals surface area contributed by atoms with Gasteiger partial charge in [-0.3, -0.25) is 14.5 Å². The number of aryl methyl sites for hydroxylation is 2. The van der Waals surface area contributed by atoms with Crippen LogP contribution < -0.4 is 5.32 Å². The molecule has 5 rings (SSSR count). The molecule has 2 aromatic rings. The van der Waals surface area contributed by atoms with Crippen LogP contribution in [0.1, 0.15) is 84.7 Å². The highest BCUT2D eigenvalue weighted by molar-refractivity contribution is 5.99. The number of alkyl halides is 2. The largest absolute Gasteiger partial charge is 0.480 e. The van der Waals surface area contributed by atoms with Crippen LogP contribution in [0.2, 0.25) is 0 Å². The number of nitrogens with zero attached hydrogens (tertiary/aromatic N) is 3. The fourth-order valence-corrected chi connectivity index (χ4v) is 6.28. The summed E-state index contributed by atoms with van der Waals surface area (Å²) in [7, 11) is 0. The summed E-state index contributed by atoms with van der Waals surface area (Å²) in [6.45, 7) is 5.41. The number of carbonyl (C=O) groups is 2. The van der Waals surface area contributed by atoms with E-state index in [9.17, 15) is 14.7 Å². The van der Waals surface area contributed by atoms with Crippen LogP contribution in [-0.2, 0) is 24.2 Å². The van der Waals surface area contributed by atoms with Gasteiger partial charge in [-0.05, 0) is 87.7 Å². The van der Waals surface area contributed by atoms with Gasteiger partial charge in [-0.1, -0.05) is 18.2 Å². The molecule has 1 aromatic heterocycles. The number of aliphatic carboxylic acids is 1. The molecule has 7 nitrogen and oxygen atoms in total. The van der Waals surface area contributed by atoms with Crippen molar-refractivity contribution in [2.75, 3.05) is 25.0 Å². The average molecular weight is 541 g/mol. The molecule has 3 aliphatic heterocycles. The van der Waals surface area contributed by atoms with Crippen molar-refractivity contribution in [1.82, 2.24) is 14.8 Å². The molecule has 0 spiro atoms. The Labute approximate surface area is 228 Å².